The molecule has 8 heteroatoms. The molecule has 2 aromatic rings. The van der Waals surface area contributed by atoms with Crippen molar-refractivity contribution in [2.24, 2.45) is 0 Å². The number of anilines is 2. The Morgan fingerprint density at radius 3 is 1.96 bits per heavy atom. The van der Waals surface area contributed by atoms with Crippen molar-refractivity contribution in [3.8, 4) is 0 Å². The number of benzene rings is 2. The number of nitro groups is 1. The van der Waals surface area contributed by atoms with Gasteiger partial charge in [-0.15, -0.1) is 0 Å². The lowest BCUT2D eigenvalue weighted by Gasteiger charge is -2.16. The Morgan fingerprint density at radius 2 is 1.46 bits per heavy atom. The number of aryl methyl sites for hydroxylation is 3. The number of carbonyl (C=O) groups is 2. The minimum atomic E-state index is -0.500. The number of likely N-dealkylation sites (N-methyl/N-ethyl adjacent to an activating group) is 1. The number of hydrogen-bond donors (Lipinski definition) is 3. The van der Waals surface area contributed by atoms with Gasteiger partial charge in [0.25, 0.3) is 17.5 Å². The van der Waals surface area contributed by atoms with Crippen LogP contribution in [0.4, 0.5) is 17.1 Å². The van der Waals surface area contributed by atoms with Gasteiger partial charge >= 0.3 is 0 Å². The number of rotatable bonds is 7. The minimum Gasteiger partial charge on any atom is -0.322 e. The quantitative estimate of drug-likeness (QED) is 0.497. The number of amides is 2. The predicted octanol–water partition coefficient (Wildman–Crippen LogP) is 1.61. The van der Waals surface area contributed by atoms with Crippen LogP contribution in [0, 0.1) is 30.9 Å². The fraction of sp³-hybridized carbons (Fsp3) is 0.300. The third-order valence-corrected chi connectivity index (χ3v) is 4.23. The number of hydrogen-bond acceptors (Lipinski definition) is 4. The standard InChI is InChI=1S/C20H24N4O4/c1-13-9-14(2)20(15(3)10-13)22-19(26)12-23(4)11-18(25)21-16-5-7-17(8-6-16)24(27)28/h5-10H,11-12H2,1-4H3,(H,21,25)(H,22,26)/p+1. The lowest BCUT2D eigenvalue weighted by Crippen LogP contribution is -3.11. The predicted molar refractivity (Wildman–Crippen MR) is 108 cm³/mol. The fourth-order valence-corrected chi connectivity index (χ4v) is 3.04. The van der Waals surface area contributed by atoms with Gasteiger partial charge < -0.3 is 15.5 Å². The van der Waals surface area contributed by atoms with Gasteiger partial charge in [-0.1, -0.05) is 17.7 Å². The number of carbonyl (C=O) groups excluding carboxylic acids is 2. The Labute approximate surface area is 163 Å². The van der Waals surface area contributed by atoms with Crippen LogP contribution in [0.5, 0.6) is 0 Å². The van der Waals surface area contributed by atoms with Crippen molar-refractivity contribution in [2.45, 2.75) is 20.8 Å². The highest BCUT2D eigenvalue weighted by atomic mass is 16.6. The number of nitrogens with one attached hydrogen (secondary N) is 3. The molecule has 2 aromatic carbocycles. The van der Waals surface area contributed by atoms with Crippen molar-refractivity contribution < 1.29 is 19.4 Å². The molecule has 1 unspecified atom stereocenters. The van der Waals surface area contributed by atoms with Crippen molar-refractivity contribution in [3.63, 3.8) is 0 Å². The van der Waals surface area contributed by atoms with E-state index in [1.165, 1.54) is 24.3 Å². The topological polar surface area (TPSA) is 106 Å². The van der Waals surface area contributed by atoms with Crippen LogP contribution in [-0.2, 0) is 9.59 Å². The maximum absolute atomic E-state index is 12.3. The van der Waals surface area contributed by atoms with E-state index in [1.54, 1.807) is 7.05 Å². The van der Waals surface area contributed by atoms with Gasteiger partial charge in [-0.2, -0.15) is 0 Å². The minimum absolute atomic E-state index is 0.0425. The van der Waals surface area contributed by atoms with Crippen LogP contribution < -0.4 is 15.5 Å². The summed E-state index contributed by atoms with van der Waals surface area (Å²) in [4.78, 5) is 35.3. The zero-order valence-electron chi connectivity index (χ0n) is 16.5. The highest BCUT2D eigenvalue weighted by Gasteiger charge is 2.16. The number of nitrogens with zero attached hydrogens (tertiary/aromatic N) is 1. The fourth-order valence-electron chi connectivity index (χ4n) is 3.04. The maximum atomic E-state index is 12.3. The van der Waals surface area contributed by atoms with Gasteiger partial charge in [0, 0.05) is 23.5 Å². The molecule has 148 valence electrons. The van der Waals surface area contributed by atoms with Crippen LogP contribution in [0.2, 0.25) is 0 Å². The molecule has 0 fully saturated rings. The molecule has 2 amide bonds. The van der Waals surface area contributed by atoms with Crippen LogP contribution >= 0.6 is 0 Å². The lowest BCUT2D eigenvalue weighted by molar-refractivity contribution is -0.862. The average molecular weight is 385 g/mol. The van der Waals surface area contributed by atoms with E-state index >= 15 is 0 Å². The van der Waals surface area contributed by atoms with Crippen molar-refractivity contribution in [1.82, 2.24) is 0 Å². The summed E-state index contributed by atoms with van der Waals surface area (Å²) in [6.45, 7) is 6.14. The molecule has 0 aliphatic heterocycles. The Balaban J connectivity index is 1.87. The van der Waals surface area contributed by atoms with Gasteiger partial charge in [0.1, 0.15) is 0 Å². The van der Waals surface area contributed by atoms with E-state index in [2.05, 4.69) is 10.6 Å². The van der Waals surface area contributed by atoms with E-state index < -0.39 is 4.92 Å². The summed E-state index contributed by atoms with van der Waals surface area (Å²) in [6.07, 6.45) is 0. The van der Waals surface area contributed by atoms with Gasteiger partial charge in [-0.25, -0.2) is 0 Å². The first-order valence-corrected chi connectivity index (χ1v) is 8.89. The van der Waals surface area contributed by atoms with Gasteiger partial charge in [0.2, 0.25) is 0 Å². The number of nitro benzene ring substituents is 1. The number of quaternary nitrogens is 1. The molecule has 0 saturated carbocycles. The molecule has 1 atom stereocenters. The largest absolute Gasteiger partial charge is 0.322 e. The van der Waals surface area contributed by atoms with Gasteiger partial charge in [0.05, 0.1) is 12.0 Å². The normalized spacial score (nSPS) is 11.6. The van der Waals surface area contributed by atoms with Gasteiger partial charge in [-0.3, -0.25) is 19.7 Å². The first-order valence-electron chi connectivity index (χ1n) is 8.89. The summed E-state index contributed by atoms with van der Waals surface area (Å²) in [7, 11) is 1.75. The van der Waals surface area contributed by atoms with Gasteiger partial charge in [0.15, 0.2) is 13.1 Å². The maximum Gasteiger partial charge on any atom is 0.279 e. The molecule has 0 radical (unpaired) electrons. The Kier molecular flexibility index (Phi) is 6.84. The molecule has 0 saturated heterocycles. The first-order chi connectivity index (χ1) is 13.2. The van der Waals surface area contributed by atoms with Crippen molar-refractivity contribution in [3.05, 3.63) is 63.2 Å². The summed E-state index contributed by atoms with van der Waals surface area (Å²) in [5.74, 6) is -0.447. The molecule has 0 aliphatic carbocycles. The third-order valence-electron chi connectivity index (χ3n) is 4.23. The van der Waals surface area contributed by atoms with E-state index in [0.29, 0.717) is 5.69 Å². The highest BCUT2D eigenvalue weighted by molar-refractivity contribution is 5.94. The molecule has 0 aromatic heterocycles. The van der Waals surface area contributed by atoms with Crippen molar-refractivity contribution in [1.29, 1.82) is 0 Å². The molecular formula is C20H25N4O4+. The molecular weight excluding hydrogens is 360 g/mol. The molecule has 3 N–H and O–H groups in total. The molecule has 28 heavy (non-hydrogen) atoms. The summed E-state index contributed by atoms with van der Waals surface area (Å²) >= 11 is 0. The Hall–Kier alpha value is -3.26. The summed E-state index contributed by atoms with van der Waals surface area (Å²) < 4.78 is 0. The molecule has 0 aliphatic rings. The van der Waals surface area contributed by atoms with Crippen LogP contribution in [0.1, 0.15) is 16.7 Å². The van der Waals surface area contributed by atoms with E-state index in [0.717, 1.165) is 27.3 Å². The third kappa shape index (κ3) is 5.88. The second-order valence-electron chi connectivity index (χ2n) is 6.98. The lowest BCUT2D eigenvalue weighted by atomic mass is 10.1. The van der Waals surface area contributed by atoms with Crippen molar-refractivity contribution >= 4 is 28.9 Å². The van der Waals surface area contributed by atoms with Crippen molar-refractivity contribution in [2.75, 3.05) is 30.8 Å². The van der Waals surface area contributed by atoms with Crippen LogP contribution in [-0.4, -0.2) is 36.9 Å². The monoisotopic (exact) mass is 385 g/mol. The number of non-ortho nitro benzene ring substituents is 1. The molecule has 0 bridgehead atoms. The smallest absolute Gasteiger partial charge is 0.279 e. The molecule has 0 heterocycles. The second-order valence-corrected chi connectivity index (χ2v) is 6.98. The Morgan fingerprint density at radius 1 is 0.964 bits per heavy atom. The zero-order valence-corrected chi connectivity index (χ0v) is 16.5. The van der Waals surface area contributed by atoms with Crippen LogP contribution in [0.25, 0.3) is 0 Å². The molecule has 0 spiro atoms. The van der Waals surface area contributed by atoms with E-state index in [9.17, 15) is 19.7 Å². The second kappa shape index (κ2) is 9.09. The van der Waals surface area contributed by atoms with Gasteiger partial charge in [-0.05, 0) is 44.0 Å². The van der Waals surface area contributed by atoms with E-state index in [-0.39, 0.29) is 30.6 Å². The SMILES string of the molecule is Cc1cc(C)c(NC(=O)C[NH+](C)CC(=O)Nc2ccc([N+](=O)[O-])cc2)c(C)c1. The van der Waals surface area contributed by atoms with Crippen LogP contribution in [0.15, 0.2) is 36.4 Å². The molecule has 8 nitrogen and oxygen atoms in total. The highest BCUT2D eigenvalue weighted by Crippen LogP contribution is 2.21. The van der Waals surface area contributed by atoms with E-state index in [1.807, 2.05) is 32.9 Å². The van der Waals surface area contributed by atoms with Crippen LogP contribution in [0.3, 0.4) is 0 Å². The molecule has 2 rings (SSSR count). The summed E-state index contributed by atoms with van der Waals surface area (Å²) in [5.41, 5.74) is 4.37. The first kappa shape index (κ1) is 21.0. The summed E-state index contributed by atoms with van der Waals surface area (Å²) in [5, 5.41) is 16.2. The van der Waals surface area contributed by atoms with E-state index in [4.69, 9.17) is 0 Å². The average Bonchev–Trinajstić information content (AvgIpc) is 2.58. The Bertz CT molecular complexity index is 871. The summed E-state index contributed by atoms with van der Waals surface area (Å²) in [6, 6.07) is 9.62. The zero-order chi connectivity index (χ0) is 20.8.